The minimum atomic E-state index is -0.0226. The molecule has 2 heteroatoms. The number of pyridine rings is 1. The Morgan fingerprint density at radius 1 is 0.308 bits per heavy atom. The molecule has 1 aromatic heterocycles. The third-order valence-corrected chi connectivity index (χ3v) is 10.2. The van der Waals surface area contributed by atoms with Gasteiger partial charge >= 0.3 is 0 Å². The fourth-order valence-electron chi connectivity index (χ4n) is 7.93. The van der Waals surface area contributed by atoms with Gasteiger partial charge in [-0.3, -0.25) is 4.79 Å². The van der Waals surface area contributed by atoms with Crippen LogP contribution in [0.5, 0.6) is 0 Å². The van der Waals surface area contributed by atoms with Crippen molar-refractivity contribution in [2.24, 2.45) is 7.05 Å². The molecule has 246 valence electrons. The van der Waals surface area contributed by atoms with Crippen LogP contribution in [0.25, 0.3) is 88.4 Å². The number of benzene rings is 8. The van der Waals surface area contributed by atoms with Gasteiger partial charge in [0.25, 0.3) is 5.56 Å². The Morgan fingerprint density at radius 3 is 0.942 bits per heavy atom. The molecular formula is C50H35NO. The van der Waals surface area contributed by atoms with E-state index in [1.807, 2.05) is 60.1 Å². The first-order valence-electron chi connectivity index (χ1n) is 17.7. The Bertz CT molecular complexity index is 2760. The van der Waals surface area contributed by atoms with Gasteiger partial charge in [0.2, 0.25) is 0 Å². The maximum atomic E-state index is 14.6. The number of hydrogen-bond donors (Lipinski definition) is 0. The predicted molar refractivity (Wildman–Crippen MR) is 219 cm³/mol. The highest BCUT2D eigenvalue weighted by atomic mass is 16.1. The van der Waals surface area contributed by atoms with E-state index in [1.165, 1.54) is 5.56 Å². The molecule has 0 atom stereocenters. The van der Waals surface area contributed by atoms with E-state index >= 15 is 0 Å². The Hall–Kier alpha value is -6.77. The third-order valence-electron chi connectivity index (χ3n) is 10.2. The fraction of sp³-hybridized carbons (Fsp3) is 0.0200. The SMILES string of the molecule is Cn1c(-c2ccccc2)c2cc3c(-c4ccccc4)c(-c4ccccc4)c(-c4ccccc4)c(-c4ccccc4)c3cc2c(-c2ccccc2)c1=O. The van der Waals surface area contributed by atoms with Gasteiger partial charge in [0.05, 0.1) is 11.3 Å². The fourth-order valence-corrected chi connectivity index (χ4v) is 7.93. The average Bonchev–Trinajstić information content (AvgIpc) is 3.22. The van der Waals surface area contributed by atoms with E-state index in [0.29, 0.717) is 5.56 Å². The van der Waals surface area contributed by atoms with Crippen molar-refractivity contribution in [3.63, 3.8) is 0 Å². The minimum absolute atomic E-state index is 0.0226. The Morgan fingerprint density at radius 2 is 0.577 bits per heavy atom. The zero-order valence-electron chi connectivity index (χ0n) is 28.8. The summed E-state index contributed by atoms with van der Waals surface area (Å²) in [6, 6.07) is 68.1. The van der Waals surface area contributed by atoms with Crippen LogP contribution in [0.15, 0.2) is 199 Å². The second-order valence-corrected chi connectivity index (χ2v) is 13.2. The van der Waals surface area contributed by atoms with E-state index < -0.39 is 0 Å². The predicted octanol–water partition coefficient (Wildman–Crippen LogP) is 12.7. The summed E-state index contributed by atoms with van der Waals surface area (Å²) in [5.74, 6) is 0. The third kappa shape index (κ3) is 5.25. The summed E-state index contributed by atoms with van der Waals surface area (Å²) in [6.45, 7) is 0. The zero-order chi connectivity index (χ0) is 35.0. The summed E-state index contributed by atoms with van der Waals surface area (Å²) in [5.41, 5.74) is 12.7. The molecule has 2 nitrogen and oxygen atoms in total. The van der Waals surface area contributed by atoms with Gasteiger partial charge < -0.3 is 4.57 Å². The number of rotatable bonds is 6. The van der Waals surface area contributed by atoms with Crippen molar-refractivity contribution in [1.29, 1.82) is 0 Å². The Balaban J connectivity index is 1.60. The van der Waals surface area contributed by atoms with Crippen LogP contribution < -0.4 is 5.56 Å². The molecule has 8 aromatic carbocycles. The molecule has 0 amide bonds. The molecule has 0 saturated heterocycles. The van der Waals surface area contributed by atoms with Crippen LogP contribution in [0.2, 0.25) is 0 Å². The normalized spacial score (nSPS) is 11.2. The standard InChI is InChI=1S/C50H35NO/c1-51-49(39-30-18-7-19-31-39)43-33-41-40(32-42(43)46(50(51)52)36-24-12-4-13-25-36)44(34-20-8-2-9-21-34)47(37-26-14-5-15-27-37)48(38-28-16-6-17-29-38)45(41)35-22-10-3-11-23-35/h2-33H,1H3. The van der Waals surface area contributed by atoms with E-state index in [-0.39, 0.29) is 5.56 Å². The molecule has 0 aliphatic heterocycles. The lowest BCUT2D eigenvalue weighted by molar-refractivity contribution is 0.882. The molecular weight excluding hydrogens is 631 g/mol. The molecule has 0 saturated carbocycles. The lowest BCUT2D eigenvalue weighted by Crippen LogP contribution is -2.21. The lowest BCUT2D eigenvalue weighted by atomic mass is 9.78. The lowest BCUT2D eigenvalue weighted by Gasteiger charge is -2.25. The van der Waals surface area contributed by atoms with Gasteiger partial charge in [0.1, 0.15) is 0 Å². The second-order valence-electron chi connectivity index (χ2n) is 13.2. The van der Waals surface area contributed by atoms with Crippen molar-refractivity contribution in [3.8, 4) is 66.9 Å². The van der Waals surface area contributed by atoms with Crippen molar-refractivity contribution < 1.29 is 0 Å². The molecule has 0 unspecified atom stereocenters. The summed E-state index contributed by atoms with van der Waals surface area (Å²) in [6.07, 6.45) is 0. The summed E-state index contributed by atoms with van der Waals surface area (Å²) in [7, 11) is 1.90. The maximum absolute atomic E-state index is 14.6. The molecule has 0 fully saturated rings. The summed E-state index contributed by atoms with van der Waals surface area (Å²) in [5, 5.41) is 4.19. The highest BCUT2D eigenvalue weighted by Gasteiger charge is 2.26. The number of aromatic nitrogens is 1. The Kier molecular flexibility index (Phi) is 7.91. The highest BCUT2D eigenvalue weighted by Crippen LogP contribution is 2.52. The monoisotopic (exact) mass is 665 g/mol. The van der Waals surface area contributed by atoms with Gasteiger partial charge in [-0.15, -0.1) is 0 Å². The molecule has 0 bridgehead atoms. The molecule has 52 heavy (non-hydrogen) atoms. The number of hydrogen-bond acceptors (Lipinski definition) is 1. The quantitative estimate of drug-likeness (QED) is 0.162. The molecule has 0 radical (unpaired) electrons. The number of nitrogens with zero attached hydrogens (tertiary/aromatic N) is 1. The van der Waals surface area contributed by atoms with E-state index in [2.05, 4.69) is 146 Å². The van der Waals surface area contributed by atoms with E-state index in [1.54, 1.807) is 0 Å². The van der Waals surface area contributed by atoms with Gasteiger partial charge in [0, 0.05) is 12.4 Å². The molecule has 0 spiro atoms. The first kappa shape index (κ1) is 31.2. The van der Waals surface area contributed by atoms with Gasteiger partial charge in [-0.25, -0.2) is 0 Å². The smallest absolute Gasteiger partial charge is 0.259 e. The topological polar surface area (TPSA) is 22.0 Å². The van der Waals surface area contributed by atoms with Gasteiger partial charge in [-0.2, -0.15) is 0 Å². The maximum Gasteiger partial charge on any atom is 0.259 e. The minimum Gasteiger partial charge on any atom is -0.310 e. The first-order valence-corrected chi connectivity index (χ1v) is 17.7. The van der Waals surface area contributed by atoms with Crippen molar-refractivity contribution in [3.05, 3.63) is 204 Å². The van der Waals surface area contributed by atoms with Gasteiger partial charge in [-0.1, -0.05) is 182 Å². The van der Waals surface area contributed by atoms with E-state index in [0.717, 1.165) is 77.3 Å². The largest absolute Gasteiger partial charge is 0.310 e. The van der Waals surface area contributed by atoms with Crippen LogP contribution in [0.3, 0.4) is 0 Å². The molecule has 0 N–H and O–H groups in total. The highest BCUT2D eigenvalue weighted by molar-refractivity contribution is 6.22. The first-order chi connectivity index (χ1) is 25.7. The summed E-state index contributed by atoms with van der Waals surface area (Å²) >= 11 is 0. The van der Waals surface area contributed by atoms with E-state index in [9.17, 15) is 4.79 Å². The molecule has 9 aromatic rings. The van der Waals surface area contributed by atoms with Crippen LogP contribution >= 0.6 is 0 Å². The van der Waals surface area contributed by atoms with Crippen LogP contribution in [0, 0.1) is 0 Å². The van der Waals surface area contributed by atoms with Crippen molar-refractivity contribution >= 4 is 21.5 Å². The summed E-state index contributed by atoms with van der Waals surface area (Å²) < 4.78 is 1.84. The van der Waals surface area contributed by atoms with Crippen LogP contribution in [-0.2, 0) is 7.05 Å². The van der Waals surface area contributed by atoms with Crippen LogP contribution in [-0.4, -0.2) is 4.57 Å². The average molecular weight is 666 g/mol. The van der Waals surface area contributed by atoms with Gasteiger partial charge in [0.15, 0.2) is 0 Å². The van der Waals surface area contributed by atoms with Crippen molar-refractivity contribution in [2.45, 2.75) is 0 Å². The molecule has 0 aliphatic rings. The Labute approximate surface area is 303 Å². The van der Waals surface area contributed by atoms with Crippen molar-refractivity contribution in [2.75, 3.05) is 0 Å². The van der Waals surface area contributed by atoms with E-state index in [4.69, 9.17) is 0 Å². The molecule has 1 heterocycles. The molecule has 0 aliphatic carbocycles. The zero-order valence-corrected chi connectivity index (χ0v) is 28.8. The number of fused-ring (bicyclic) bond motifs is 2. The second kappa shape index (κ2) is 13.2. The summed E-state index contributed by atoms with van der Waals surface area (Å²) in [4.78, 5) is 14.6. The van der Waals surface area contributed by atoms with Gasteiger partial charge in [-0.05, 0) is 83.9 Å². The van der Waals surface area contributed by atoms with Crippen LogP contribution in [0.4, 0.5) is 0 Å². The van der Waals surface area contributed by atoms with Crippen molar-refractivity contribution in [1.82, 2.24) is 4.57 Å². The molecule has 9 rings (SSSR count). The van der Waals surface area contributed by atoms with Crippen LogP contribution in [0.1, 0.15) is 0 Å².